The smallest absolute Gasteiger partial charge is 0.251 e. The summed E-state index contributed by atoms with van der Waals surface area (Å²) in [6, 6.07) is 12.2. The first-order valence-corrected chi connectivity index (χ1v) is 10.3. The van der Waals surface area contributed by atoms with Crippen LogP contribution >= 0.6 is 11.3 Å². The molecule has 2 atom stereocenters. The van der Waals surface area contributed by atoms with Gasteiger partial charge in [-0.1, -0.05) is 26.0 Å². The molecule has 2 amide bonds. The first kappa shape index (κ1) is 20.9. The predicted octanol–water partition coefficient (Wildman–Crippen LogP) is 4.41. The summed E-state index contributed by atoms with van der Waals surface area (Å²) < 4.78 is 14.2. The van der Waals surface area contributed by atoms with Crippen molar-refractivity contribution < 1.29 is 14.0 Å². The van der Waals surface area contributed by atoms with Crippen LogP contribution in [0.1, 0.15) is 42.2 Å². The van der Waals surface area contributed by atoms with E-state index in [9.17, 15) is 14.0 Å². The third-order valence-electron chi connectivity index (χ3n) is 4.92. The Hall–Kier alpha value is -2.80. The Bertz CT molecular complexity index is 983. The van der Waals surface area contributed by atoms with Crippen molar-refractivity contribution in [2.24, 2.45) is 5.92 Å². The van der Waals surface area contributed by atoms with E-state index in [0.29, 0.717) is 5.56 Å². The molecule has 1 N–H and O–H groups in total. The highest BCUT2D eigenvalue weighted by molar-refractivity contribution is 7.18. The Balaban J connectivity index is 1.76. The number of carbonyl (C=O) groups is 2. The van der Waals surface area contributed by atoms with Gasteiger partial charge in [-0.15, -0.1) is 11.3 Å². The van der Waals surface area contributed by atoms with Crippen LogP contribution in [0.2, 0.25) is 0 Å². The van der Waals surface area contributed by atoms with E-state index in [-0.39, 0.29) is 17.9 Å². The molecule has 0 aliphatic rings. The van der Waals surface area contributed by atoms with Gasteiger partial charge in [0.1, 0.15) is 16.9 Å². The van der Waals surface area contributed by atoms with Crippen LogP contribution in [0.4, 0.5) is 4.39 Å². The second kappa shape index (κ2) is 8.69. The summed E-state index contributed by atoms with van der Waals surface area (Å²) in [6.07, 6.45) is 0. The van der Waals surface area contributed by atoms with Crippen LogP contribution in [0.3, 0.4) is 0 Å². The number of benzene rings is 2. The fourth-order valence-electron chi connectivity index (χ4n) is 2.98. The van der Waals surface area contributed by atoms with Crippen molar-refractivity contribution in [3.63, 3.8) is 0 Å². The van der Waals surface area contributed by atoms with Crippen LogP contribution in [-0.4, -0.2) is 34.8 Å². The minimum atomic E-state index is -0.700. The normalized spacial score (nSPS) is 13.3. The highest BCUT2D eigenvalue weighted by Crippen LogP contribution is 2.29. The summed E-state index contributed by atoms with van der Waals surface area (Å²) in [4.78, 5) is 32.0. The molecule has 0 fully saturated rings. The molecule has 29 heavy (non-hydrogen) atoms. The molecule has 2 aromatic carbocycles. The zero-order valence-electron chi connectivity index (χ0n) is 16.8. The zero-order valence-corrected chi connectivity index (χ0v) is 17.7. The number of fused-ring (bicyclic) bond motifs is 1. The lowest BCUT2D eigenvalue weighted by molar-refractivity contribution is -0.135. The Morgan fingerprint density at radius 2 is 1.72 bits per heavy atom. The minimum Gasteiger partial charge on any atom is -0.340 e. The van der Waals surface area contributed by atoms with E-state index in [4.69, 9.17) is 0 Å². The highest BCUT2D eigenvalue weighted by Gasteiger charge is 2.30. The lowest BCUT2D eigenvalue weighted by atomic mass is 10.0. The van der Waals surface area contributed by atoms with E-state index in [1.54, 1.807) is 23.3 Å². The Labute approximate surface area is 173 Å². The minimum absolute atomic E-state index is 0.114. The second-order valence-corrected chi connectivity index (χ2v) is 8.41. The molecule has 7 heteroatoms. The van der Waals surface area contributed by atoms with Crippen LogP contribution in [0.15, 0.2) is 48.5 Å². The maximum absolute atomic E-state index is 13.2. The van der Waals surface area contributed by atoms with E-state index < -0.39 is 17.8 Å². The van der Waals surface area contributed by atoms with Crippen LogP contribution in [-0.2, 0) is 4.79 Å². The summed E-state index contributed by atoms with van der Waals surface area (Å²) in [5.41, 5.74) is 1.22. The van der Waals surface area contributed by atoms with Crippen molar-refractivity contribution in [3.05, 3.63) is 64.9 Å². The average Bonchev–Trinajstić information content (AvgIpc) is 3.14. The molecule has 0 unspecified atom stereocenters. The molecule has 0 spiro atoms. The Morgan fingerprint density at radius 1 is 1.07 bits per heavy atom. The number of rotatable bonds is 6. The molecular weight excluding hydrogens is 389 g/mol. The first-order chi connectivity index (χ1) is 13.8. The third-order valence-corrected chi connectivity index (χ3v) is 6.13. The predicted molar refractivity (Wildman–Crippen MR) is 113 cm³/mol. The zero-order chi connectivity index (χ0) is 21.1. The molecule has 0 bridgehead atoms. The van der Waals surface area contributed by atoms with E-state index in [1.165, 1.54) is 24.3 Å². The molecule has 3 aromatic rings. The van der Waals surface area contributed by atoms with Crippen LogP contribution in [0.25, 0.3) is 10.2 Å². The summed E-state index contributed by atoms with van der Waals surface area (Å²) in [5.74, 6) is -1.13. The van der Waals surface area contributed by atoms with Crippen LogP contribution < -0.4 is 5.32 Å². The number of hydrogen-bond acceptors (Lipinski definition) is 4. The molecule has 152 valence electrons. The maximum atomic E-state index is 13.2. The molecule has 1 aromatic heterocycles. The number of likely N-dealkylation sites (N-methyl/N-ethyl adjacent to an activating group) is 1. The number of halogens is 1. The number of hydrogen-bond donors (Lipinski definition) is 1. The molecule has 1 heterocycles. The van der Waals surface area contributed by atoms with Crippen LogP contribution in [0, 0.1) is 11.7 Å². The van der Waals surface area contributed by atoms with Gasteiger partial charge in [-0.2, -0.15) is 0 Å². The van der Waals surface area contributed by atoms with Gasteiger partial charge >= 0.3 is 0 Å². The number of thiazole rings is 1. The van der Waals surface area contributed by atoms with E-state index in [2.05, 4.69) is 10.3 Å². The lowest BCUT2D eigenvalue weighted by Crippen LogP contribution is -2.50. The number of aromatic nitrogens is 1. The van der Waals surface area contributed by atoms with Gasteiger partial charge in [0, 0.05) is 12.6 Å². The van der Waals surface area contributed by atoms with Gasteiger partial charge in [-0.3, -0.25) is 9.59 Å². The van der Waals surface area contributed by atoms with Crippen molar-refractivity contribution in [3.8, 4) is 0 Å². The van der Waals surface area contributed by atoms with Gasteiger partial charge < -0.3 is 10.2 Å². The number of nitrogens with one attached hydrogen (secondary N) is 1. The molecule has 0 saturated carbocycles. The molecule has 0 saturated heterocycles. The van der Waals surface area contributed by atoms with Gasteiger partial charge in [-0.05, 0) is 49.2 Å². The maximum Gasteiger partial charge on any atom is 0.251 e. The van der Waals surface area contributed by atoms with E-state index >= 15 is 0 Å². The quantitative estimate of drug-likeness (QED) is 0.651. The average molecular weight is 414 g/mol. The Kier molecular flexibility index (Phi) is 6.27. The van der Waals surface area contributed by atoms with Gasteiger partial charge in [0.15, 0.2) is 0 Å². The van der Waals surface area contributed by atoms with Gasteiger partial charge in [-0.25, -0.2) is 9.37 Å². The summed E-state index contributed by atoms with van der Waals surface area (Å²) in [5, 5.41) is 3.64. The topological polar surface area (TPSA) is 62.3 Å². The van der Waals surface area contributed by atoms with Crippen molar-refractivity contribution in [1.29, 1.82) is 0 Å². The number of carbonyl (C=O) groups excluding carboxylic acids is 2. The van der Waals surface area contributed by atoms with Crippen LogP contribution in [0.5, 0.6) is 0 Å². The van der Waals surface area contributed by atoms with Crippen molar-refractivity contribution in [2.45, 2.75) is 32.9 Å². The SMILES string of the molecule is CC(C)[C@H](NC(=O)c1ccc(F)cc1)C(=O)N(C)[C@H](C)c1nc2ccccc2s1. The van der Waals surface area contributed by atoms with Gasteiger partial charge in [0.25, 0.3) is 5.91 Å². The molecular formula is C22H24FN3O2S. The number of amides is 2. The summed E-state index contributed by atoms with van der Waals surface area (Å²) in [7, 11) is 1.72. The summed E-state index contributed by atoms with van der Waals surface area (Å²) >= 11 is 1.56. The summed E-state index contributed by atoms with van der Waals surface area (Å²) in [6.45, 7) is 5.68. The first-order valence-electron chi connectivity index (χ1n) is 9.46. The second-order valence-electron chi connectivity index (χ2n) is 7.35. The standard InChI is InChI=1S/C22H24FN3O2S/c1-13(2)19(25-20(27)15-9-11-16(23)12-10-15)22(28)26(4)14(3)21-24-17-7-5-6-8-18(17)29-21/h5-14,19H,1-4H3,(H,25,27)/t14-,19+/m1/s1. The molecule has 0 aliphatic carbocycles. The van der Waals surface area contributed by atoms with E-state index in [1.807, 2.05) is 45.0 Å². The van der Waals surface area contributed by atoms with Crippen molar-refractivity contribution in [1.82, 2.24) is 15.2 Å². The fraction of sp³-hybridized carbons (Fsp3) is 0.318. The molecule has 5 nitrogen and oxygen atoms in total. The lowest BCUT2D eigenvalue weighted by Gasteiger charge is -2.30. The van der Waals surface area contributed by atoms with Gasteiger partial charge in [0.05, 0.1) is 16.3 Å². The molecule has 0 radical (unpaired) electrons. The monoisotopic (exact) mass is 413 g/mol. The molecule has 3 rings (SSSR count). The highest BCUT2D eigenvalue weighted by atomic mass is 32.1. The number of nitrogens with zero attached hydrogens (tertiary/aromatic N) is 2. The largest absolute Gasteiger partial charge is 0.340 e. The third kappa shape index (κ3) is 4.62. The fourth-order valence-corrected chi connectivity index (χ4v) is 4.05. The van der Waals surface area contributed by atoms with Crippen molar-refractivity contribution >= 4 is 33.4 Å². The van der Waals surface area contributed by atoms with Crippen molar-refractivity contribution in [2.75, 3.05) is 7.05 Å². The number of para-hydroxylation sites is 1. The Morgan fingerprint density at radius 3 is 2.34 bits per heavy atom. The molecule has 0 aliphatic heterocycles. The van der Waals surface area contributed by atoms with Gasteiger partial charge in [0.2, 0.25) is 5.91 Å². The van der Waals surface area contributed by atoms with E-state index in [0.717, 1.165) is 15.2 Å².